The summed E-state index contributed by atoms with van der Waals surface area (Å²) in [5.41, 5.74) is 2.63. The van der Waals surface area contributed by atoms with Crippen LogP contribution in [-0.4, -0.2) is 46.4 Å². The molecule has 5 heteroatoms. The van der Waals surface area contributed by atoms with Crippen LogP contribution < -0.4 is 20.4 Å². The van der Waals surface area contributed by atoms with Crippen molar-refractivity contribution in [2.24, 2.45) is 0 Å². The maximum absolute atomic E-state index is 5.28. The maximum atomic E-state index is 5.28. The van der Waals surface area contributed by atoms with Crippen LogP contribution in [0, 0.1) is 0 Å². The van der Waals surface area contributed by atoms with Gasteiger partial charge in [-0.25, -0.2) is 0 Å². The first-order chi connectivity index (χ1) is 9.97. The molecular weight excluding hydrogens is 280 g/mol. The second kappa shape index (κ2) is 9.71. The zero-order valence-electron chi connectivity index (χ0n) is 13.8. The van der Waals surface area contributed by atoms with E-state index in [0.717, 1.165) is 37.7 Å². The fraction of sp³-hybridized carbons (Fsp3) is 0.562. The van der Waals surface area contributed by atoms with Crippen molar-refractivity contribution in [3.8, 4) is 0 Å². The number of benzene rings is 1. The van der Waals surface area contributed by atoms with Crippen LogP contribution in [-0.2, 0) is 13.1 Å². The van der Waals surface area contributed by atoms with Gasteiger partial charge in [0.15, 0.2) is 5.11 Å². The minimum atomic E-state index is 0.741. The predicted molar refractivity (Wildman–Crippen MR) is 92.7 cm³/mol. The van der Waals surface area contributed by atoms with Crippen LogP contribution in [0.4, 0.5) is 0 Å². The van der Waals surface area contributed by atoms with Gasteiger partial charge < -0.3 is 20.4 Å². The van der Waals surface area contributed by atoms with E-state index in [2.05, 4.69) is 63.1 Å². The average Bonchev–Trinajstić information content (AvgIpc) is 2.42. The first kappa shape index (κ1) is 17.9. The second-order valence-corrected chi connectivity index (χ2v) is 6.53. The molecular formula is C16H30N4S+2. The van der Waals surface area contributed by atoms with Crippen LogP contribution in [0.2, 0.25) is 0 Å². The fourth-order valence-corrected chi connectivity index (χ4v) is 2.25. The second-order valence-electron chi connectivity index (χ2n) is 6.12. The molecule has 0 spiro atoms. The molecule has 0 amide bonds. The van der Waals surface area contributed by atoms with Crippen molar-refractivity contribution >= 4 is 17.3 Å². The highest BCUT2D eigenvalue weighted by Gasteiger charge is 2.00. The molecule has 1 aromatic carbocycles. The van der Waals surface area contributed by atoms with Crippen LogP contribution >= 0.6 is 12.2 Å². The molecule has 0 atom stereocenters. The van der Waals surface area contributed by atoms with E-state index >= 15 is 0 Å². The number of hydrogen-bond donors (Lipinski definition) is 4. The van der Waals surface area contributed by atoms with Crippen molar-refractivity contribution in [1.82, 2.24) is 10.6 Å². The van der Waals surface area contributed by atoms with Crippen molar-refractivity contribution in [2.45, 2.75) is 19.5 Å². The molecule has 4 N–H and O–H groups in total. The molecule has 0 aromatic heterocycles. The third-order valence-electron chi connectivity index (χ3n) is 3.17. The highest BCUT2D eigenvalue weighted by molar-refractivity contribution is 7.80. The zero-order valence-corrected chi connectivity index (χ0v) is 14.6. The number of quaternary nitrogens is 2. The molecule has 0 aliphatic carbocycles. The highest BCUT2D eigenvalue weighted by Crippen LogP contribution is 2.03. The average molecular weight is 311 g/mol. The topological polar surface area (TPSA) is 32.9 Å². The summed E-state index contributed by atoms with van der Waals surface area (Å²) in [6.07, 6.45) is 1.13. The molecule has 0 aliphatic rings. The Morgan fingerprint density at radius 2 is 1.57 bits per heavy atom. The highest BCUT2D eigenvalue weighted by atomic mass is 32.1. The molecule has 0 radical (unpaired) electrons. The van der Waals surface area contributed by atoms with Gasteiger partial charge in [-0.15, -0.1) is 0 Å². The van der Waals surface area contributed by atoms with Crippen molar-refractivity contribution in [3.05, 3.63) is 35.4 Å². The normalized spacial score (nSPS) is 11.0. The summed E-state index contributed by atoms with van der Waals surface area (Å²) in [4.78, 5) is 2.90. The monoisotopic (exact) mass is 310 g/mol. The predicted octanol–water partition coefficient (Wildman–Crippen LogP) is -1.17. The van der Waals surface area contributed by atoms with Gasteiger partial charge in [-0.05, 0) is 17.8 Å². The van der Waals surface area contributed by atoms with Crippen LogP contribution in [0.15, 0.2) is 24.3 Å². The summed E-state index contributed by atoms with van der Waals surface area (Å²) in [6, 6.07) is 8.73. The number of nitrogens with one attached hydrogen (secondary N) is 4. The Hall–Kier alpha value is -1.17. The summed E-state index contributed by atoms with van der Waals surface area (Å²) in [5, 5.41) is 7.25. The van der Waals surface area contributed by atoms with Crippen molar-refractivity contribution in [3.63, 3.8) is 0 Å². The Morgan fingerprint density at radius 1 is 0.952 bits per heavy atom. The van der Waals surface area contributed by atoms with Crippen LogP contribution in [0.3, 0.4) is 0 Å². The van der Waals surface area contributed by atoms with Crippen molar-refractivity contribution in [1.29, 1.82) is 0 Å². The number of hydrogen-bond acceptors (Lipinski definition) is 1. The lowest BCUT2D eigenvalue weighted by Crippen LogP contribution is -3.05. The van der Waals surface area contributed by atoms with Crippen molar-refractivity contribution in [2.75, 3.05) is 41.3 Å². The van der Waals surface area contributed by atoms with Gasteiger partial charge in [0.05, 0.1) is 34.7 Å². The van der Waals surface area contributed by atoms with Gasteiger partial charge >= 0.3 is 0 Å². The summed E-state index contributed by atoms with van der Waals surface area (Å²) < 4.78 is 0. The Kier molecular flexibility index (Phi) is 8.27. The third kappa shape index (κ3) is 8.65. The van der Waals surface area contributed by atoms with Gasteiger partial charge in [-0.1, -0.05) is 24.3 Å². The van der Waals surface area contributed by atoms with Gasteiger partial charge in [0.2, 0.25) is 0 Å². The third-order valence-corrected chi connectivity index (χ3v) is 3.46. The fourth-order valence-electron chi connectivity index (χ4n) is 2.07. The van der Waals surface area contributed by atoms with E-state index < -0.39 is 0 Å². The van der Waals surface area contributed by atoms with E-state index in [1.54, 1.807) is 0 Å². The molecule has 1 aromatic rings. The number of rotatable bonds is 8. The Balaban J connectivity index is 2.23. The van der Waals surface area contributed by atoms with Crippen molar-refractivity contribution < 1.29 is 9.80 Å². The molecule has 0 unspecified atom stereocenters. The van der Waals surface area contributed by atoms with E-state index in [0.29, 0.717) is 0 Å². The van der Waals surface area contributed by atoms with Gasteiger partial charge in [-0.2, -0.15) is 0 Å². The molecule has 0 bridgehead atoms. The Labute approximate surface area is 134 Å². The SMILES string of the molecule is C[NH+](C)CCCNC(=S)NCc1ccc(C[NH+](C)C)cc1. The molecule has 0 aliphatic heterocycles. The molecule has 0 saturated carbocycles. The van der Waals surface area contributed by atoms with E-state index in [1.807, 2.05) is 0 Å². The van der Waals surface area contributed by atoms with Gasteiger partial charge in [0, 0.05) is 25.1 Å². The lowest BCUT2D eigenvalue weighted by atomic mass is 10.1. The maximum Gasteiger partial charge on any atom is 0.166 e. The first-order valence-electron chi connectivity index (χ1n) is 7.65. The molecule has 1 rings (SSSR count). The molecule has 0 fully saturated rings. The van der Waals surface area contributed by atoms with E-state index in [-0.39, 0.29) is 0 Å². The van der Waals surface area contributed by atoms with E-state index in [4.69, 9.17) is 12.2 Å². The largest absolute Gasteiger partial charge is 0.363 e. The number of thiocarbonyl (C=S) groups is 1. The zero-order chi connectivity index (χ0) is 15.7. The molecule has 0 heterocycles. The van der Waals surface area contributed by atoms with E-state index in [9.17, 15) is 0 Å². The minimum Gasteiger partial charge on any atom is -0.363 e. The molecule has 21 heavy (non-hydrogen) atoms. The Morgan fingerprint density at radius 3 is 2.14 bits per heavy atom. The summed E-state index contributed by atoms with van der Waals surface area (Å²) >= 11 is 5.28. The van der Waals surface area contributed by atoms with Crippen LogP contribution in [0.25, 0.3) is 0 Å². The smallest absolute Gasteiger partial charge is 0.166 e. The molecule has 4 nitrogen and oxygen atoms in total. The molecule has 0 saturated heterocycles. The van der Waals surface area contributed by atoms with Gasteiger partial charge in [-0.3, -0.25) is 0 Å². The molecule has 118 valence electrons. The Bertz CT molecular complexity index is 415. The lowest BCUT2D eigenvalue weighted by Gasteiger charge is -2.12. The van der Waals surface area contributed by atoms with Gasteiger partial charge in [0.25, 0.3) is 0 Å². The van der Waals surface area contributed by atoms with Crippen LogP contribution in [0.1, 0.15) is 17.5 Å². The summed E-state index contributed by atoms with van der Waals surface area (Å²) in [7, 11) is 8.66. The lowest BCUT2D eigenvalue weighted by molar-refractivity contribution is -0.872. The van der Waals surface area contributed by atoms with Crippen LogP contribution in [0.5, 0.6) is 0 Å². The quantitative estimate of drug-likeness (QED) is 0.361. The minimum absolute atomic E-state index is 0.741. The van der Waals surface area contributed by atoms with Gasteiger partial charge in [0.1, 0.15) is 6.54 Å². The van der Waals surface area contributed by atoms with E-state index in [1.165, 1.54) is 20.9 Å². The standard InChI is InChI=1S/C16H28N4S/c1-19(2)11-5-10-17-16(21)18-12-14-6-8-15(9-7-14)13-20(3)4/h6-9H,5,10-13H2,1-4H3,(H2,17,18,21)/p+2. The summed E-state index contributed by atoms with van der Waals surface area (Å²) in [5.74, 6) is 0. The first-order valence-corrected chi connectivity index (χ1v) is 8.06. The summed E-state index contributed by atoms with van der Waals surface area (Å²) in [6.45, 7) is 3.92.